The van der Waals surface area contributed by atoms with E-state index in [2.05, 4.69) is 15.6 Å². The van der Waals surface area contributed by atoms with E-state index in [1.165, 1.54) is 0 Å². The molecule has 0 aliphatic heterocycles. The molecule has 1 aromatic carbocycles. The summed E-state index contributed by atoms with van der Waals surface area (Å²) in [5.74, 6) is 0. The summed E-state index contributed by atoms with van der Waals surface area (Å²) in [6, 6.07) is 8.08. The molecule has 0 amide bonds. The number of hydrogen-bond acceptors (Lipinski definition) is 1. The number of nitrogens with zero attached hydrogens (tertiary/aromatic N) is 2. The van der Waals surface area contributed by atoms with Crippen molar-refractivity contribution in [3.05, 3.63) is 30.6 Å². The van der Waals surface area contributed by atoms with Gasteiger partial charge < -0.3 is 4.57 Å². The van der Waals surface area contributed by atoms with Crippen LogP contribution in [-0.4, -0.2) is 16.2 Å². The molecule has 0 N–H and O–H groups in total. The standard InChI is InChI=1S/C12H15FN2/c13-8-4-1-5-9-15-10-14-11-6-2-3-7-12(11)15/h2-3,6-7,10H,1,4-5,8-9H2. The highest BCUT2D eigenvalue weighted by molar-refractivity contribution is 5.74. The van der Waals surface area contributed by atoms with Crippen LogP contribution in [0.3, 0.4) is 0 Å². The van der Waals surface area contributed by atoms with Gasteiger partial charge in [0.25, 0.3) is 0 Å². The van der Waals surface area contributed by atoms with Gasteiger partial charge in [-0.2, -0.15) is 0 Å². The number of para-hydroxylation sites is 2. The van der Waals surface area contributed by atoms with Gasteiger partial charge in [-0.25, -0.2) is 4.98 Å². The van der Waals surface area contributed by atoms with Crippen molar-refractivity contribution in [1.82, 2.24) is 9.55 Å². The third kappa shape index (κ3) is 2.35. The fourth-order valence-corrected chi connectivity index (χ4v) is 1.74. The molecule has 0 bridgehead atoms. The van der Waals surface area contributed by atoms with Gasteiger partial charge >= 0.3 is 0 Å². The molecule has 80 valence electrons. The van der Waals surface area contributed by atoms with Crippen LogP contribution in [-0.2, 0) is 6.54 Å². The normalized spacial score (nSPS) is 11.0. The van der Waals surface area contributed by atoms with Crippen LogP contribution in [0.25, 0.3) is 11.0 Å². The summed E-state index contributed by atoms with van der Waals surface area (Å²) in [4.78, 5) is 4.31. The Kier molecular flexibility index (Phi) is 3.33. The van der Waals surface area contributed by atoms with Crippen LogP contribution in [0.15, 0.2) is 30.6 Å². The predicted molar refractivity (Wildman–Crippen MR) is 59.6 cm³/mol. The van der Waals surface area contributed by atoms with Crippen molar-refractivity contribution in [2.45, 2.75) is 25.8 Å². The fourth-order valence-electron chi connectivity index (χ4n) is 1.74. The molecule has 2 rings (SSSR count). The molecule has 0 saturated carbocycles. The third-order valence-electron chi connectivity index (χ3n) is 2.56. The van der Waals surface area contributed by atoms with Crippen LogP contribution in [0.2, 0.25) is 0 Å². The van der Waals surface area contributed by atoms with Gasteiger partial charge in [0, 0.05) is 6.54 Å². The van der Waals surface area contributed by atoms with Crippen LogP contribution in [0.1, 0.15) is 19.3 Å². The van der Waals surface area contributed by atoms with E-state index in [0.717, 1.165) is 30.4 Å². The van der Waals surface area contributed by atoms with Crippen molar-refractivity contribution in [1.29, 1.82) is 0 Å². The number of benzene rings is 1. The molecule has 1 heterocycles. The number of aromatic nitrogens is 2. The number of imidazole rings is 1. The van der Waals surface area contributed by atoms with Crippen LogP contribution in [0.5, 0.6) is 0 Å². The monoisotopic (exact) mass is 206 g/mol. The maximum absolute atomic E-state index is 11.9. The summed E-state index contributed by atoms with van der Waals surface area (Å²) >= 11 is 0. The average molecular weight is 206 g/mol. The summed E-state index contributed by atoms with van der Waals surface area (Å²) in [6.45, 7) is 0.727. The van der Waals surface area contributed by atoms with Gasteiger partial charge in [-0.1, -0.05) is 12.1 Å². The van der Waals surface area contributed by atoms with Crippen LogP contribution in [0.4, 0.5) is 4.39 Å². The average Bonchev–Trinajstić information content (AvgIpc) is 2.68. The Hall–Kier alpha value is -1.38. The first-order chi connectivity index (χ1) is 7.42. The molecule has 0 fully saturated rings. The van der Waals surface area contributed by atoms with E-state index in [-0.39, 0.29) is 6.67 Å². The molecule has 2 aromatic rings. The fraction of sp³-hybridized carbons (Fsp3) is 0.417. The number of alkyl halides is 1. The lowest BCUT2D eigenvalue weighted by Crippen LogP contribution is -1.96. The molecule has 0 saturated heterocycles. The zero-order valence-electron chi connectivity index (χ0n) is 8.69. The second-order valence-corrected chi connectivity index (χ2v) is 3.68. The highest BCUT2D eigenvalue weighted by atomic mass is 19.1. The van der Waals surface area contributed by atoms with Gasteiger partial charge in [0.1, 0.15) is 0 Å². The zero-order valence-corrected chi connectivity index (χ0v) is 8.69. The van der Waals surface area contributed by atoms with E-state index < -0.39 is 0 Å². The lowest BCUT2D eigenvalue weighted by Gasteiger charge is -2.02. The molecule has 0 aliphatic rings. The summed E-state index contributed by atoms with van der Waals surface area (Å²) in [5, 5.41) is 0. The first kappa shape index (κ1) is 10.1. The first-order valence-electron chi connectivity index (χ1n) is 5.37. The number of hydrogen-bond donors (Lipinski definition) is 0. The van der Waals surface area contributed by atoms with Crippen molar-refractivity contribution in [2.75, 3.05) is 6.67 Å². The van der Waals surface area contributed by atoms with Gasteiger partial charge in [-0.3, -0.25) is 4.39 Å². The summed E-state index contributed by atoms with van der Waals surface area (Å²) in [7, 11) is 0. The third-order valence-corrected chi connectivity index (χ3v) is 2.56. The molecule has 0 unspecified atom stereocenters. The largest absolute Gasteiger partial charge is 0.331 e. The van der Waals surface area contributed by atoms with E-state index in [0.29, 0.717) is 6.42 Å². The maximum atomic E-state index is 11.9. The Bertz CT molecular complexity index is 422. The molecule has 1 aromatic heterocycles. The number of fused-ring (bicyclic) bond motifs is 1. The van der Waals surface area contributed by atoms with E-state index in [9.17, 15) is 4.39 Å². The van der Waals surface area contributed by atoms with Gasteiger partial charge in [-0.05, 0) is 31.4 Å². The topological polar surface area (TPSA) is 17.8 Å². The van der Waals surface area contributed by atoms with Crippen molar-refractivity contribution < 1.29 is 4.39 Å². The van der Waals surface area contributed by atoms with Crippen LogP contribution >= 0.6 is 0 Å². The Balaban J connectivity index is 2.02. The van der Waals surface area contributed by atoms with E-state index >= 15 is 0 Å². The molecule has 0 aliphatic carbocycles. The molecule has 0 radical (unpaired) electrons. The quantitative estimate of drug-likeness (QED) is 0.687. The predicted octanol–water partition coefficient (Wildman–Crippen LogP) is 3.18. The zero-order chi connectivity index (χ0) is 10.5. The Morgan fingerprint density at radius 2 is 2.00 bits per heavy atom. The highest BCUT2D eigenvalue weighted by Crippen LogP contribution is 2.12. The number of halogens is 1. The summed E-state index contributed by atoms with van der Waals surface area (Å²) in [6.07, 6.45) is 4.50. The minimum absolute atomic E-state index is 0.204. The van der Waals surface area contributed by atoms with Crippen molar-refractivity contribution in [3.63, 3.8) is 0 Å². The second-order valence-electron chi connectivity index (χ2n) is 3.68. The van der Waals surface area contributed by atoms with Gasteiger partial charge in [0.2, 0.25) is 0 Å². The molecule has 0 atom stereocenters. The maximum Gasteiger partial charge on any atom is 0.0958 e. The second kappa shape index (κ2) is 4.91. The molecule has 2 nitrogen and oxygen atoms in total. The minimum atomic E-state index is -0.204. The molecular formula is C12H15FN2. The van der Waals surface area contributed by atoms with Crippen LogP contribution < -0.4 is 0 Å². The van der Waals surface area contributed by atoms with Crippen molar-refractivity contribution >= 4 is 11.0 Å². The number of rotatable bonds is 5. The van der Waals surface area contributed by atoms with Gasteiger partial charge in [-0.15, -0.1) is 0 Å². The van der Waals surface area contributed by atoms with Crippen molar-refractivity contribution in [2.24, 2.45) is 0 Å². The van der Waals surface area contributed by atoms with Crippen LogP contribution in [0, 0.1) is 0 Å². The molecule has 15 heavy (non-hydrogen) atoms. The first-order valence-corrected chi connectivity index (χ1v) is 5.37. The number of unbranched alkanes of at least 4 members (excludes halogenated alkanes) is 2. The smallest absolute Gasteiger partial charge is 0.0958 e. The van der Waals surface area contributed by atoms with Gasteiger partial charge in [0.15, 0.2) is 0 Å². The Morgan fingerprint density at radius 3 is 2.87 bits per heavy atom. The summed E-state index contributed by atoms with van der Waals surface area (Å²) in [5.41, 5.74) is 2.20. The van der Waals surface area contributed by atoms with E-state index in [1.54, 1.807) is 0 Å². The summed E-state index contributed by atoms with van der Waals surface area (Å²) < 4.78 is 14.0. The van der Waals surface area contributed by atoms with E-state index in [1.807, 2.05) is 24.5 Å². The van der Waals surface area contributed by atoms with Crippen molar-refractivity contribution in [3.8, 4) is 0 Å². The lowest BCUT2D eigenvalue weighted by atomic mass is 10.2. The highest BCUT2D eigenvalue weighted by Gasteiger charge is 2.00. The minimum Gasteiger partial charge on any atom is -0.331 e. The van der Waals surface area contributed by atoms with E-state index in [4.69, 9.17) is 0 Å². The SMILES string of the molecule is FCCCCCn1cnc2ccccc21. The Morgan fingerprint density at radius 1 is 1.13 bits per heavy atom. The molecular weight excluding hydrogens is 191 g/mol. The van der Waals surface area contributed by atoms with Gasteiger partial charge in [0.05, 0.1) is 24.0 Å². The molecule has 0 spiro atoms. The Labute approximate surface area is 88.7 Å². The number of aryl methyl sites for hydroxylation is 1. The lowest BCUT2D eigenvalue weighted by molar-refractivity contribution is 0.449. The molecule has 3 heteroatoms.